The largest absolute Gasteiger partial charge is 0.508 e. The molecule has 2 aromatic rings. The first-order chi connectivity index (χ1) is 11.1. The lowest BCUT2D eigenvalue weighted by molar-refractivity contribution is 0.313. The van der Waals surface area contributed by atoms with Gasteiger partial charge in [-0.15, -0.1) is 0 Å². The standard InChI is InChI=1S/C17H21FN4O/c1-21-6-8-22(9-7-21)15-3-5-17(20-12-15)19-11-13-10-14(18)2-4-16(13)23/h2-5,10,12,23H,6-9,11H2,1H3,(H,19,20). The van der Waals surface area contributed by atoms with Crippen molar-refractivity contribution in [2.24, 2.45) is 0 Å². The number of benzene rings is 1. The van der Waals surface area contributed by atoms with Gasteiger partial charge >= 0.3 is 0 Å². The van der Waals surface area contributed by atoms with Crippen molar-refractivity contribution in [3.63, 3.8) is 0 Å². The fraction of sp³-hybridized carbons (Fsp3) is 0.353. The van der Waals surface area contributed by atoms with Gasteiger partial charge in [-0.05, 0) is 37.4 Å². The second kappa shape index (κ2) is 6.83. The van der Waals surface area contributed by atoms with Gasteiger partial charge in [0.05, 0.1) is 11.9 Å². The summed E-state index contributed by atoms with van der Waals surface area (Å²) in [5, 5.41) is 12.8. The lowest BCUT2D eigenvalue weighted by Gasteiger charge is -2.33. The van der Waals surface area contributed by atoms with Crippen LogP contribution in [0.2, 0.25) is 0 Å². The van der Waals surface area contributed by atoms with Crippen LogP contribution in [-0.4, -0.2) is 48.2 Å². The highest BCUT2D eigenvalue weighted by Gasteiger charge is 2.14. The van der Waals surface area contributed by atoms with Gasteiger partial charge < -0.3 is 20.2 Å². The summed E-state index contributed by atoms with van der Waals surface area (Å²) in [6.07, 6.45) is 1.85. The lowest BCUT2D eigenvalue weighted by Crippen LogP contribution is -2.44. The normalized spacial score (nSPS) is 15.7. The minimum Gasteiger partial charge on any atom is -0.508 e. The van der Waals surface area contributed by atoms with E-state index in [2.05, 4.69) is 27.1 Å². The molecule has 1 aliphatic heterocycles. The molecule has 0 spiro atoms. The summed E-state index contributed by atoms with van der Waals surface area (Å²) in [6.45, 7) is 4.44. The predicted octanol–water partition coefficient (Wildman–Crippen LogP) is 2.29. The number of rotatable bonds is 4. The average molecular weight is 316 g/mol. The highest BCUT2D eigenvalue weighted by Crippen LogP contribution is 2.20. The molecule has 0 unspecified atom stereocenters. The van der Waals surface area contributed by atoms with E-state index in [0.717, 1.165) is 31.9 Å². The van der Waals surface area contributed by atoms with Crippen molar-refractivity contribution in [1.29, 1.82) is 0 Å². The number of likely N-dealkylation sites (N-methyl/N-ethyl adjacent to an activating group) is 1. The Kier molecular flexibility index (Phi) is 4.62. The molecule has 5 nitrogen and oxygen atoms in total. The van der Waals surface area contributed by atoms with E-state index in [-0.39, 0.29) is 11.6 Å². The first-order valence-electron chi connectivity index (χ1n) is 7.72. The smallest absolute Gasteiger partial charge is 0.126 e. The zero-order valence-electron chi connectivity index (χ0n) is 13.2. The molecule has 2 heterocycles. The predicted molar refractivity (Wildman–Crippen MR) is 89.3 cm³/mol. The van der Waals surface area contributed by atoms with Crippen LogP contribution in [-0.2, 0) is 6.54 Å². The third-order valence-corrected chi connectivity index (χ3v) is 4.12. The van der Waals surface area contributed by atoms with Gasteiger partial charge in [0.25, 0.3) is 0 Å². The van der Waals surface area contributed by atoms with Crippen molar-refractivity contribution < 1.29 is 9.50 Å². The SMILES string of the molecule is CN1CCN(c2ccc(NCc3cc(F)ccc3O)nc2)CC1. The number of halogens is 1. The first-order valence-corrected chi connectivity index (χ1v) is 7.72. The number of pyridine rings is 1. The van der Waals surface area contributed by atoms with Crippen molar-refractivity contribution >= 4 is 11.5 Å². The van der Waals surface area contributed by atoms with E-state index in [4.69, 9.17) is 0 Å². The Labute approximate surface area is 135 Å². The molecule has 1 aromatic heterocycles. The third-order valence-electron chi connectivity index (χ3n) is 4.12. The number of nitrogens with zero attached hydrogens (tertiary/aromatic N) is 3. The van der Waals surface area contributed by atoms with Gasteiger partial charge in [-0.2, -0.15) is 0 Å². The topological polar surface area (TPSA) is 51.6 Å². The second-order valence-corrected chi connectivity index (χ2v) is 5.82. The molecule has 0 saturated carbocycles. The van der Waals surface area contributed by atoms with E-state index >= 15 is 0 Å². The summed E-state index contributed by atoms with van der Waals surface area (Å²) in [7, 11) is 2.13. The molecule has 6 heteroatoms. The van der Waals surface area contributed by atoms with Gasteiger partial charge in [-0.3, -0.25) is 0 Å². The number of hydrogen-bond acceptors (Lipinski definition) is 5. The van der Waals surface area contributed by atoms with E-state index in [1.54, 1.807) is 0 Å². The van der Waals surface area contributed by atoms with Crippen LogP contribution >= 0.6 is 0 Å². The molecule has 1 aliphatic rings. The maximum atomic E-state index is 13.2. The monoisotopic (exact) mass is 316 g/mol. The van der Waals surface area contributed by atoms with E-state index in [0.29, 0.717) is 17.9 Å². The Bertz CT molecular complexity index is 654. The van der Waals surface area contributed by atoms with Gasteiger partial charge in [0, 0.05) is 38.3 Å². The summed E-state index contributed by atoms with van der Waals surface area (Å²) in [4.78, 5) is 9.02. The molecule has 0 atom stereocenters. The van der Waals surface area contributed by atoms with Crippen LogP contribution in [0, 0.1) is 5.82 Å². The first kappa shape index (κ1) is 15.6. The number of aromatic nitrogens is 1. The Balaban J connectivity index is 1.60. The quantitative estimate of drug-likeness (QED) is 0.906. The number of hydrogen-bond donors (Lipinski definition) is 2. The van der Waals surface area contributed by atoms with E-state index in [1.165, 1.54) is 18.2 Å². The molecule has 1 fully saturated rings. The Morgan fingerprint density at radius 1 is 1.17 bits per heavy atom. The minimum atomic E-state index is -0.363. The zero-order chi connectivity index (χ0) is 16.2. The van der Waals surface area contributed by atoms with Crippen molar-refractivity contribution in [3.05, 3.63) is 47.9 Å². The van der Waals surface area contributed by atoms with Crippen molar-refractivity contribution in [2.75, 3.05) is 43.4 Å². The highest BCUT2D eigenvalue weighted by molar-refractivity contribution is 5.50. The number of piperazine rings is 1. The fourth-order valence-electron chi connectivity index (χ4n) is 2.62. The minimum absolute atomic E-state index is 0.0768. The maximum absolute atomic E-state index is 13.2. The van der Waals surface area contributed by atoms with Gasteiger partial charge in [0.2, 0.25) is 0 Å². The maximum Gasteiger partial charge on any atom is 0.126 e. The number of phenolic OH excluding ortho intramolecular Hbond substituents is 1. The van der Waals surface area contributed by atoms with E-state index < -0.39 is 0 Å². The number of phenols is 1. The zero-order valence-corrected chi connectivity index (χ0v) is 13.2. The Morgan fingerprint density at radius 2 is 1.96 bits per heavy atom. The average Bonchev–Trinajstić information content (AvgIpc) is 2.57. The van der Waals surface area contributed by atoms with Crippen LogP contribution in [0.3, 0.4) is 0 Å². The molecule has 2 N–H and O–H groups in total. The summed E-state index contributed by atoms with van der Waals surface area (Å²) in [6, 6.07) is 7.86. The van der Waals surface area contributed by atoms with Gasteiger partial charge in [0.15, 0.2) is 0 Å². The molecule has 0 radical (unpaired) electrons. The summed E-state index contributed by atoms with van der Waals surface area (Å²) < 4.78 is 13.2. The molecule has 23 heavy (non-hydrogen) atoms. The summed E-state index contributed by atoms with van der Waals surface area (Å²) in [5.74, 6) is 0.414. The number of anilines is 2. The van der Waals surface area contributed by atoms with Crippen molar-refractivity contribution in [2.45, 2.75) is 6.54 Å². The van der Waals surface area contributed by atoms with Crippen LogP contribution < -0.4 is 10.2 Å². The molecule has 0 amide bonds. The third kappa shape index (κ3) is 3.90. The van der Waals surface area contributed by atoms with Gasteiger partial charge in [-0.25, -0.2) is 9.37 Å². The molecule has 0 bridgehead atoms. The van der Waals surface area contributed by atoms with Crippen molar-refractivity contribution in [3.8, 4) is 5.75 Å². The summed E-state index contributed by atoms with van der Waals surface area (Å²) in [5.41, 5.74) is 1.62. The molecule has 1 saturated heterocycles. The van der Waals surface area contributed by atoms with Crippen LogP contribution in [0.1, 0.15) is 5.56 Å². The molecule has 1 aromatic carbocycles. The summed E-state index contributed by atoms with van der Waals surface area (Å²) >= 11 is 0. The van der Waals surface area contributed by atoms with Crippen molar-refractivity contribution in [1.82, 2.24) is 9.88 Å². The molecule has 122 valence electrons. The van der Waals surface area contributed by atoms with Gasteiger partial charge in [0.1, 0.15) is 17.4 Å². The lowest BCUT2D eigenvalue weighted by atomic mass is 10.2. The van der Waals surface area contributed by atoms with Crippen LogP contribution in [0.4, 0.5) is 15.9 Å². The fourth-order valence-corrected chi connectivity index (χ4v) is 2.62. The number of aromatic hydroxyl groups is 1. The molecular formula is C17H21FN4O. The van der Waals surface area contributed by atoms with Crippen LogP contribution in [0.15, 0.2) is 36.5 Å². The van der Waals surface area contributed by atoms with Gasteiger partial charge in [-0.1, -0.05) is 0 Å². The van der Waals surface area contributed by atoms with Crippen LogP contribution in [0.25, 0.3) is 0 Å². The van der Waals surface area contributed by atoms with E-state index in [1.807, 2.05) is 18.3 Å². The highest BCUT2D eigenvalue weighted by atomic mass is 19.1. The molecule has 3 rings (SSSR count). The number of nitrogens with one attached hydrogen (secondary N) is 1. The second-order valence-electron chi connectivity index (χ2n) is 5.82. The Hall–Kier alpha value is -2.34. The molecular weight excluding hydrogens is 295 g/mol. The van der Waals surface area contributed by atoms with Crippen LogP contribution in [0.5, 0.6) is 5.75 Å². The van der Waals surface area contributed by atoms with E-state index in [9.17, 15) is 9.50 Å². The Morgan fingerprint density at radius 3 is 2.65 bits per heavy atom. The molecule has 0 aliphatic carbocycles.